The molecular weight excluding hydrogens is 181 g/mol. The molecule has 2 N–H and O–H groups in total. The van der Waals surface area contributed by atoms with E-state index in [4.69, 9.17) is 24.4 Å². The largest absolute Gasteiger partial charge is 1.00 e. The van der Waals surface area contributed by atoms with Crippen LogP contribution in [0, 0.1) is 0 Å². The van der Waals surface area contributed by atoms with Crippen molar-refractivity contribution in [2.75, 3.05) is 6.61 Å². The van der Waals surface area contributed by atoms with Gasteiger partial charge in [-0.3, -0.25) is 4.57 Å². The standard InChI is InChI=1S/C2H5O.2Na.H3O4P/c1-2-3;;;1-5(2,3)4/h2H2,1H3;;;(H3,1,2,3,4)/q-1;2*+1;/p-1. The summed E-state index contributed by atoms with van der Waals surface area (Å²) in [6.45, 7) is 1.57. The first-order chi connectivity index (χ1) is 3.41. The SMILES string of the molecule is CC[O-].O=P([O-])(O)O.[Na+].[Na+]. The Kier molecular flexibility index (Phi) is 31.0. The van der Waals surface area contributed by atoms with Crippen LogP contribution in [0.4, 0.5) is 0 Å². The molecule has 0 rings (SSSR count). The van der Waals surface area contributed by atoms with Crippen molar-refractivity contribution in [1.82, 2.24) is 0 Å². The normalized spacial score (nSPS) is 7.70. The van der Waals surface area contributed by atoms with Gasteiger partial charge in [0.25, 0.3) is 7.82 Å². The summed E-state index contributed by atoms with van der Waals surface area (Å²) in [6, 6.07) is 0. The minimum Gasteiger partial charge on any atom is -0.855 e. The molecule has 0 amide bonds. The van der Waals surface area contributed by atoms with Gasteiger partial charge in [0.05, 0.1) is 0 Å². The zero-order valence-corrected chi connectivity index (χ0v) is 11.2. The van der Waals surface area contributed by atoms with Crippen LogP contribution in [0.3, 0.4) is 0 Å². The Labute approximate surface area is 104 Å². The fourth-order valence-electron chi connectivity index (χ4n) is 0. The molecule has 0 aliphatic heterocycles. The van der Waals surface area contributed by atoms with E-state index >= 15 is 0 Å². The predicted octanol–water partition coefficient (Wildman–Crippen LogP) is -8.19. The van der Waals surface area contributed by atoms with Gasteiger partial charge in [-0.25, -0.2) is 0 Å². The molecule has 8 heteroatoms. The molecule has 0 fully saturated rings. The van der Waals surface area contributed by atoms with E-state index in [-0.39, 0.29) is 65.7 Å². The first-order valence-corrected chi connectivity index (χ1v) is 3.29. The summed E-state index contributed by atoms with van der Waals surface area (Å²) in [5, 5.41) is 8.93. The molecule has 0 spiro atoms. The third kappa shape index (κ3) is 193. The second kappa shape index (κ2) is 13.6. The molecule has 0 aromatic rings. The number of phosphoric acid groups is 1. The van der Waals surface area contributed by atoms with Crippen molar-refractivity contribution >= 4 is 7.82 Å². The summed E-state index contributed by atoms with van der Waals surface area (Å²) in [5.41, 5.74) is 0. The molecule has 5 nitrogen and oxygen atoms in total. The van der Waals surface area contributed by atoms with Crippen LogP contribution in [0.5, 0.6) is 0 Å². The van der Waals surface area contributed by atoms with Crippen molar-refractivity contribution in [1.29, 1.82) is 0 Å². The van der Waals surface area contributed by atoms with Crippen LogP contribution in [0.25, 0.3) is 0 Å². The van der Waals surface area contributed by atoms with Crippen LogP contribution in [-0.2, 0) is 4.57 Å². The summed E-state index contributed by atoms with van der Waals surface area (Å²) in [7, 11) is -4.89. The fraction of sp³-hybridized carbons (Fsp3) is 1.00. The maximum Gasteiger partial charge on any atom is 1.00 e. The van der Waals surface area contributed by atoms with E-state index in [1.165, 1.54) is 0 Å². The van der Waals surface area contributed by atoms with Gasteiger partial charge in [-0.2, -0.15) is 0 Å². The maximum atomic E-state index is 8.93. The number of hydrogen-bond donors (Lipinski definition) is 2. The van der Waals surface area contributed by atoms with Gasteiger partial charge >= 0.3 is 59.1 Å². The Bertz CT molecular complexity index is 73.5. The van der Waals surface area contributed by atoms with Gasteiger partial charge in [0.2, 0.25) is 0 Å². The molecule has 52 valence electrons. The second-order valence-electron chi connectivity index (χ2n) is 0.779. The molecule has 0 atom stereocenters. The van der Waals surface area contributed by atoms with Gasteiger partial charge in [0.1, 0.15) is 0 Å². The van der Waals surface area contributed by atoms with Crippen LogP contribution >= 0.6 is 7.82 Å². The molecule has 0 heterocycles. The van der Waals surface area contributed by atoms with Crippen LogP contribution in [0.2, 0.25) is 0 Å². The van der Waals surface area contributed by atoms with Crippen LogP contribution in [0.1, 0.15) is 6.92 Å². The zero-order valence-electron chi connectivity index (χ0n) is 6.27. The first-order valence-electron chi connectivity index (χ1n) is 1.76. The van der Waals surface area contributed by atoms with Gasteiger partial charge in [-0.1, -0.05) is 6.92 Å². The Morgan fingerprint density at radius 1 is 1.40 bits per heavy atom. The molecule has 0 aromatic carbocycles. The van der Waals surface area contributed by atoms with E-state index in [0.29, 0.717) is 0 Å². The average molecular weight is 188 g/mol. The van der Waals surface area contributed by atoms with Crippen molar-refractivity contribution in [2.24, 2.45) is 0 Å². The predicted molar refractivity (Wildman–Crippen MR) is 22.6 cm³/mol. The summed E-state index contributed by atoms with van der Waals surface area (Å²) in [4.78, 5) is 22.9. The van der Waals surface area contributed by atoms with Crippen LogP contribution < -0.4 is 69.1 Å². The maximum absolute atomic E-state index is 8.93. The third-order valence-corrected chi connectivity index (χ3v) is 0. The Morgan fingerprint density at radius 3 is 1.40 bits per heavy atom. The quantitative estimate of drug-likeness (QED) is 0.290. The van der Waals surface area contributed by atoms with E-state index in [2.05, 4.69) is 0 Å². The van der Waals surface area contributed by atoms with Crippen molar-refractivity contribution in [3.8, 4) is 0 Å². The smallest absolute Gasteiger partial charge is 0.855 e. The molecule has 0 saturated heterocycles. The van der Waals surface area contributed by atoms with Crippen molar-refractivity contribution < 1.29 is 83.5 Å². The molecular formula is C2H7Na2O5P. The summed E-state index contributed by atoms with van der Waals surface area (Å²) < 4.78 is 8.77. The van der Waals surface area contributed by atoms with Gasteiger partial charge in [-0.05, 0) is 0 Å². The fourth-order valence-corrected chi connectivity index (χ4v) is 0. The van der Waals surface area contributed by atoms with Gasteiger partial charge < -0.3 is 19.8 Å². The van der Waals surface area contributed by atoms with Gasteiger partial charge in [-0.15, -0.1) is 6.61 Å². The van der Waals surface area contributed by atoms with Gasteiger partial charge in [0, 0.05) is 0 Å². The number of rotatable bonds is 0. The first kappa shape index (κ1) is 22.7. The molecule has 0 bridgehead atoms. The van der Waals surface area contributed by atoms with Crippen molar-refractivity contribution in [3.63, 3.8) is 0 Å². The molecule has 0 saturated carbocycles. The molecule has 10 heavy (non-hydrogen) atoms. The number of hydrogen-bond acceptors (Lipinski definition) is 3. The Balaban J connectivity index is -0.0000000326. The molecule has 0 aliphatic carbocycles. The van der Waals surface area contributed by atoms with Crippen molar-refractivity contribution in [3.05, 3.63) is 0 Å². The third-order valence-electron chi connectivity index (χ3n) is 0. The van der Waals surface area contributed by atoms with Gasteiger partial charge in [0.15, 0.2) is 0 Å². The van der Waals surface area contributed by atoms with E-state index in [9.17, 15) is 0 Å². The van der Waals surface area contributed by atoms with Crippen LogP contribution in [0.15, 0.2) is 0 Å². The Morgan fingerprint density at radius 2 is 1.40 bits per heavy atom. The van der Waals surface area contributed by atoms with Crippen molar-refractivity contribution in [2.45, 2.75) is 6.92 Å². The second-order valence-corrected chi connectivity index (χ2v) is 1.76. The van der Waals surface area contributed by atoms with E-state index in [1.54, 1.807) is 6.92 Å². The minimum atomic E-state index is -4.89. The van der Waals surface area contributed by atoms with Crippen LogP contribution in [-0.4, -0.2) is 16.4 Å². The van der Waals surface area contributed by atoms with E-state index in [0.717, 1.165) is 0 Å². The topological polar surface area (TPSA) is 104 Å². The zero-order chi connectivity index (χ0) is 7.21. The minimum absolute atomic E-state index is 0. The Hall–Kier alpha value is 2.07. The average Bonchev–Trinajstić information content (AvgIpc) is 1.27. The molecule has 0 radical (unpaired) electrons. The molecule has 0 aliphatic rings. The monoisotopic (exact) mass is 188 g/mol. The van der Waals surface area contributed by atoms with E-state index in [1.807, 2.05) is 0 Å². The summed E-state index contributed by atoms with van der Waals surface area (Å²) >= 11 is 0. The summed E-state index contributed by atoms with van der Waals surface area (Å²) in [5.74, 6) is 0. The summed E-state index contributed by atoms with van der Waals surface area (Å²) in [6.07, 6.45) is 0. The van der Waals surface area contributed by atoms with E-state index < -0.39 is 7.82 Å². The molecule has 0 aromatic heterocycles. The molecule has 0 unspecified atom stereocenters.